The van der Waals surface area contributed by atoms with Gasteiger partial charge in [0.05, 0.1) is 0 Å². The molecule has 2 aliphatic heterocycles. The minimum absolute atomic E-state index is 0.0383. The lowest BCUT2D eigenvalue weighted by atomic mass is 9.78. The third-order valence-corrected chi connectivity index (χ3v) is 10.9. The van der Waals surface area contributed by atoms with Crippen LogP contribution in [0.1, 0.15) is 39.0 Å². The molecule has 3 fully saturated rings. The van der Waals surface area contributed by atoms with Gasteiger partial charge in [0.2, 0.25) is 12.5 Å². The molecule has 3 aliphatic rings. The molecule has 0 radical (unpaired) electrons. The molecule has 0 aromatic carbocycles. The SMILES string of the molecule is C[C@@H]1CC(=O)[C@H](CC(=O)N2CCC3(CCN(S(=O)(=O)c4cccs4)CC3)C2)[C@H]1C[N+](=O)[O-]. The van der Waals surface area contributed by atoms with Crippen LogP contribution >= 0.6 is 11.3 Å². The van der Waals surface area contributed by atoms with Crippen LogP contribution in [-0.2, 0) is 19.6 Å². The molecule has 176 valence electrons. The van der Waals surface area contributed by atoms with Crippen molar-refractivity contribution in [3.63, 3.8) is 0 Å². The molecule has 3 atom stereocenters. The van der Waals surface area contributed by atoms with E-state index >= 15 is 0 Å². The van der Waals surface area contributed by atoms with Gasteiger partial charge in [-0.25, -0.2) is 8.42 Å². The van der Waals surface area contributed by atoms with Gasteiger partial charge in [-0.3, -0.25) is 19.7 Å². The van der Waals surface area contributed by atoms with Crippen molar-refractivity contribution in [3.8, 4) is 0 Å². The van der Waals surface area contributed by atoms with Crippen LogP contribution in [0.5, 0.6) is 0 Å². The normalized spacial score (nSPS) is 28.5. The maximum absolute atomic E-state index is 13.0. The summed E-state index contributed by atoms with van der Waals surface area (Å²) in [6.07, 6.45) is 2.56. The van der Waals surface area contributed by atoms with Crippen molar-refractivity contribution in [2.45, 2.75) is 43.2 Å². The highest BCUT2D eigenvalue weighted by Gasteiger charge is 2.47. The Kier molecular flexibility index (Phi) is 6.43. The molecule has 32 heavy (non-hydrogen) atoms. The van der Waals surface area contributed by atoms with E-state index in [0.29, 0.717) is 49.7 Å². The van der Waals surface area contributed by atoms with Gasteiger partial charge >= 0.3 is 0 Å². The molecule has 1 saturated carbocycles. The summed E-state index contributed by atoms with van der Waals surface area (Å²) in [6.45, 7) is 3.60. The number of hydrogen-bond acceptors (Lipinski definition) is 7. The average molecular weight is 484 g/mol. The van der Waals surface area contributed by atoms with E-state index in [2.05, 4.69) is 0 Å². The number of Topliss-reactive ketones (excluding diaryl/α,β-unsaturated/α-hetero) is 1. The highest BCUT2D eigenvalue weighted by atomic mass is 32.2. The van der Waals surface area contributed by atoms with Crippen LogP contribution in [0, 0.1) is 33.3 Å². The molecule has 1 spiro atoms. The van der Waals surface area contributed by atoms with E-state index in [0.717, 1.165) is 6.42 Å². The minimum Gasteiger partial charge on any atom is -0.342 e. The van der Waals surface area contributed by atoms with E-state index in [-0.39, 0.29) is 46.8 Å². The molecule has 3 heterocycles. The van der Waals surface area contributed by atoms with Crippen LogP contribution in [0.4, 0.5) is 0 Å². The van der Waals surface area contributed by atoms with Gasteiger partial charge in [-0.15, -0.1) is 11.3 Å². The second-order valence-electron chi connectivity index (χ2n) is 9.54. The predicted molar refractivity (Wildman–Crippen MR) is 118 cm³/mol. The van der Waals surface area contributed by atoms with Gasteiger partial charge in [0, 0.05) is 55.8 Å². The number of rotatable bonds is 6. The fourth-order valence-corrected chi connectivity index (χ4v) is 8.20. The first kappa shape index (κ1) is 23.3. The molecule has 4 rings (SSSR count). The van der Waals surface area contributed by atoms with Crippen LogP contribution in [-0.4, -0.2) is 67.0 Å². The quantitative estimate of drug-likeness (QED) is 0.452. The molecule has 1 aromatic rings. The zero-order valence-corrected chi connectivity index (χ0v) is 19.8. The third-order valence-electron chi connectivity index (χ3n) is 7.60. The molecule has 0 N–H and O–H groups in total. The van der Waals surface area contributed by atoms with E-state index in [1.54, 1.807) is 22.4 Å². The maximum atomic E-state index is 13.0. The highest BCUT2D eigenvalue weighted by Crippen LogP contribution is 2.43. The Morgan fingerprint density at radius 2 is 1.97 bits per heavy atom. The van der Waals surface area contributed by atoms with E-state index in [1.807, 2.05) is 6.92 Å². The van der Waals surface area contributed by atoms with Gasteiger partial charge in [-0.2, -0.15) is 4.31 Å². The van der Waals surface area contributed by atoms with Crippen molar-refractivity contribution in [1.82, 2.24) is 9.21 Å². The van der Waals surface area contributed by atoms with Gasteiger partial charge < -0.3 is 4.90 Å². The van der Waals surface area contributed by atoms with Gasteiger partial charge in [-0.05, 0) is 42.0 Å². The molecular weight excluding hydrogens is 454 g/mol. The van der Waals surface area contributed by atoms with Crippen LogP contribution in [0.2, 0.25) is 0 Å². The van der Waals surface area contributed by atoms with E-state index < -0.39 is 15.9 Å². The number of nitrogens with zero attached hydrogens (tertiary/aromatic N) is 3. The fourth-order valence-electron chi connectivity index (χ4n) is 5.61. The zero-order chi connectivity index (χ0) is 23.1. The Morgan fingerprint density at radius 3 is 2.59 bits per heavy atom. The predicted octanol–water partition coefficient (Wildman–Crippen LogP) is 2.26. The van der Waals surface area contributed by atoms with Gasteiger partial charge in [0.15, 0.2) is 0 Å². The summed E-state index contributed by atoms with van der Waals surface area (Å²) in [5.41, 5.74) is -0.0929. The Labute approximate surface area is 192 Å². The number of nitro groups is 1. The monoisotopic (exact) mass is 483 g/mol. The minimum atomic E-state index is -3.46. The summed E-state index contributed by atoms with van der Waals surface area (Å²) in [5.74, 6) is -1.19. The number of likely N-dealkylation sites (tertiary alicyclic amines) is 1. The van der Waals surface area contributed by atoms with Crippen molar-refractivity contribution in [1.29, 1.82) is 0 Å². The second-order valence-corrected chi connectivity index (χ2v) is 12.7. The summed E-state index contributed by atoms with van der Waals surface area (Å²) < 4.78 is 27.4. The number of thiophene rings is 1. The van der Waals surface area contributed by atoms with E-state index in [4.69, 9.17) is 0 Å². The van der Waals surface area contributed by atoms with Gasteiger partial charge in [0.25, 0.3) is 10.0 Å². The van der Waals surface area contributed by atoms with Crippen molar-refractivity contribution in [3.05, 3.63) is 27.6 Å². The Morgan fingerprint density at radius 1 is 1.28 bits per heavy atom. The number of amides is 1. The van der Waals surface area contributed by atoms with Crippen molar-refractivity contribution in [2.75, 3.05) is 32.7 Å². The van der Waals surface area contributed by atoms with Crippen molar-refractivity contribution >= 4 is 33.1 Å². The lowest BCUT2D eigenvalue weighted by molar-refractivity contribution is -0.490. The molecule has 1 amide bonds. The summed E-state index contributed by atoms with van der Waals surface area (Å²) in [4.78, 5) is 37.8. The van der Waals surface area contributed by atoms with Crippen molar-refractivity contribution < 1.29 is 22.9 Å². The molecular formula is C21H29N3O6S2. The first-order valence-electron chi connectivity index (χ1n) is 11.1. The number of piperidine rings is 1. The summed E-state index contributed by atoms with van der Waals surface area (Å²) in [7, 11) is -3.46. The molecule has 0 unspecified atom stereocenters. The fraction of sp³-hybridized carbons (Fsp3) is 0.714. The molecule has 1 aromatic heterocycles. The average Bonchev–Trinajstić information content (AvgIpc) is 3.46. The lowest BCUT2D eigenvalue weighted by Gasteiger charge is -2.38. The molecule has 1 aliphatic carbocycles. The number of ketones is 1. The molecule has 9 nitrogen and oxygen atoms in total. The smallest absolute Gasteiger partial charge is 0.252 e. The largest absolute Gasteiger partial charge is 0.342 e. The van der Waals surface area contributed by atoms with Crippen LogP contribution < -0.4 is 0 Å². The Hall–Kier alpha value is -1.85. The van der Waals surface area contributed by atoms with Crippen LogP contribution in [0.25, 0.3) is 0 Å². The summed E-state index contributed by atoms with van der Waals surface area (Å²) in [6, 6.07) is 3.35. The van der Waals surface area contributed by atoms with Crippen molar-refractivity contribution in [2.24, 2.45) is 23.2 Å². The van der Waals surface area contributed by atoms with Crippen LogP contribution in [0.15, 0.2) is 21.7 Å². The summed E-state index contributed by atoms with van der Waals surface area (Å²) >= 11 is 1.22. The van der Waals surface area contributed by atoms with E-state index in [9.17, 15) is 28.1 Å². The highest BCUT2D eigenvalue weighted by molar-refractivity contribution is 7.91. The number of carbonyl (C=O) groups is 2. The topological polar surface area (TPSA) is 118 Å². The maximum Gasteiger partial charge on any atom is 0.252 e. The second kappa shape index (κ2) is 8.83. The Bertz CT molecular complexity index is 985. The number of hydrogen-bond donors (Lipinski definition) is 0. The Balaban J connectivity index is 1.35. The molecule has 2 saturated heterocycles. The molecule has 0 bridgehead atoms. The zero-order valence-electron chi connectivity index (χ0n) is 18.1. The number of sulfonamides is 1. The van der Waals surface area contributed by atoms with Gasteiger partial charge in [-0.1, -0.05) is 13.0 Å². The molecule has 11 heteroatoms. The van der Waals surface area contributed by atoms with E-state index in [1.165, 1.54) is 15.6 Å². The summed E-state index contributed by atoms with van der Waals surface area (Å²) in [5, 5.41) is 12.8. The number of carbonyl (C=O) groups excluding carboxylic acids is 2. The third kappa shape index (κ3) is 4.47. The lowest BCUT2D eigenvalue weighted by Crippen LogP contribution is -2.44. The standard InChI is InChI=1S/C21H29N3O6S2/c1-15-11-18(25)16(17(15)13-24(27)28)12-19(26)22-7-4-21(14-22)5-8-23(9-6-21)32(29,30)20-3-2-10-31-20/h2-3,10,15-17H,4-9,11-14H2,1H3/t15-,16-,17+/m1/s1. The first-order chi connectivity index (χ1) is 15.1. The first-order valence-corrected chi connectivity index (χ1v) is 13.4. The van der Waals surface area contributed by atoms with Gasteiger partial charge in [0.1, 0.15) is 9.99 Å². The van der Waals surface area contributed by atoms with Crippen LogP contribution in [0.3, 0.4) is 0 Å².